The van der Waals surface area contributed by atoms with Gasteiger partial charge in [0.25, 0.3) is 5.69 Å². The average molecular weight is 377 g/mol. The van der Waals surface area contributed by atoms with Gasteiger partial charge in [0.15, 0.2) is 0 Å². The summed E-state index contributed by atoms with van der Waals surface area (Å²) in [7, 11) is 0. The van der Waals surface area contributed by atoms with E-state index in [1.165, 1.54) is 6.07 Å². The molecule has 2 aliphatic heterocycles. The molecule has 0 saturated heterocycles. The first-order valence-corrected chi connectivity index (χ1v) is 9.49. The summed E-state index contributed by atoms with van der Waals surface area (Å²) in [6, 6.07) is 18.6. The molecule has 2 aliphatic rings. The number of nitrogens with zero attached hydrogens (tertiary/aromatic N) is 3. The topological polar surface area (TPSA) is 68.0 Å². The van der Waals surface area contributed by atoms with E-state index in [-0.39, 0.29) is 16.7 Å². The Kier molecular flexibility index (Phi) is 3.68. The summed E-state index contributed by atoms with van der Waals surface area (Å²) in [5.41, 5.74) is 2.60. The summed E-state index contributed by atoms with van der Waals surface area (Å²) in [5, 5.41) is 20.3. The van der Waals surface area contributed by atoms with Gasteiger partial charge in [-0.05, 0) is 23.6 Å². The molecule has 0 fully saturated rings. The maximum atomic E-state index is 11.6. The highest BCUT2D eigenvalue weighted by Gasteiger charge is 2.42. The molecule has 5 rings (SSSR count). The summed E-state index contributed by atoms with van der Waals surface area (Å²) >= 11 is 1.65. The summed E-state index contributed by atoms with van der Waals surface area (Å²) in [5.74, 6) is 0.754. The molecule has 0 aliphatic carbocycles. The fraction of sp³-hybridized carbons (Fsp3) is 0.150. The van der Waals surface area contributed by atoms with Crippen LogP contribution in [0.15, 0.2) is 71.1 Å². The second-order valence-electron chi connectivity index (χ2n) is 6.45. The van der Waals surface area contributed by atoms with Gasteiger partial charge >= 0.3 is 0 Å². The normalized spacial score (nSPS) is 20.4. The molecule has 7 heteroatoms. The van der Waals surface area contributed by atoms with Crippen molar-refractivity contribution in [2.45, 2.75) is 18.7 Å². The van der Waals surface area contributed by atoms with Gasteiger partial charge in [0.1, 0.15) is 5.75 Å². The standard InChI is InChI=1S/C20H15N3O3S/c24-23(25)16-8-3-1-7-14(16)20-22-17(13-6-2-4-9-18(13)26-20)12-15(21-22)19-10-5-11-27-19/h1-11,17,20H,12H2/t17-,20+/m0/s1. The Balaban J connectivity index is 1.65. The first-order valence-electron chi connectivity index (χ1n) is 8.61. The molecular weight excluding hydrogens is 362 g/mol. The highest BCUT2D eigenvalue weighted by Crippen LogP contribution is 2.48. The maximum absolute atomic E-state index is 11.6. The quantitative estimate of drug-likeness (QED) is 0.481. The van der Waals surface area contributed by atoms with Gasteiger partial charge in [-0.15, -0.1) is 11.3 Å². The number of rotatable bonds is 3. The minimum atomic E-state index is -0.635. The fourth-order valence-corrected chi connectivity index (χ4v) is 4.41. The number of ether oxygens (including phenoxy) is 1. The average Bonchev–Trinajstić information content (AvgIpc) is 3.37. The van der Waals surface area contributed by atoms with Crippen LogP contribution in [0.1, 0.15) is 34.7 Å². The zero-order valence-electron chi connectivity index (χ0n) is 14.2. The number of benzene rings is 2. The minimum Gasteiger partial charge on any atom is -0.464 e. The third-order valence-electron chi connectivity index (χ3n) is 4.90. The number of thiophene rings is 1. The van der Waals surface area contributed by atoms with Crippen molar-refractivity contribution < 1.29 is 9.66 Å². The van der Waals surface area contributed by atoms with Crippen LogP contribution in [-0.4, -0.2) is 15.6 Å². The lowest BCUT2D eigenvalue weighted by Gasteiger charge is -2.37. The molecule has 2 aromatic carbocycles. The van der Waals surface area contributed by atoms with E-state index in [0.717, 1.165) is 28.3 Å². The first kappa shape index (κ1) is 16.0. The molecule has 1 aromatic heterocycles. The van der Waals surface area contributed by atoms with Crippen molar-refractivity contribution in [3.05, 3.63) is 92.2 Å². The molecule has 0 N–H and O–H groups in total. The number of para-hydroxylation sites is 2. The molecule has 0 unspecified atom stereocenters. The lowest BCUT2D eigenvalue weighted by Crippen LogP contribution is -2.34. The van der Waals surface area contributed by atoms with Crippen molar-refractivity contribution in [2.24, 2.45) is 5.10 Å². The van der Waals surface area contributed by atoms with Gasteiger partial charge in [-0.2, -0.15) is 5.10 Å². The van der Waals surface area contributed by atoms with Crippen LogP contribution in [-0.2, 0) is 0 Å². The van der Waals surface area contributed by atoms with Crippen molar-refractivity contribution in [2.75, 3.05) is 0 Å². The molecular formula is C20H15N3O3S. The van der Waals surface area contributed by atoms with E-state index in [4.69, 9.17) is 9.84 Å². The molecule has 0 radical (unpaired) electrons. The van der Waals surface area contributed by atoms with E-state index in [2.05, 4.69) is 6.07 Å². The highest BCUT2D eigenvalue weighted by atomic mass is 32.1. The maximum Gasteiger partial charge on any atom is 0.278 e. The molecule has 0 bridgehead atoms. The zero-order valence-corrected chi connectivity index (χ0v) is 15.0. The van der Waals surface area contributed by atoms with Gasteiger partial charge in [0.2, 0.25) is 6.23 Å². The SMILES string of the molecule is O=[N+]([O-])c1ccccc1[C@H]1Oc2ccccc2[C@@H]2CC(c3cccs3)=NN12. The number of fused-ring (bicyclic) bond motifs is 3. The molecule has 0 saturated carbocycles. The van der Waals surface area contributed by atoms with Gasteiger partial charge in [0, 0.05) is 18.1 Å². The Morgan fingerprint density at radius 2 is 1.85 bits per heavy atom. The second kappa shape index (κ2) is 6.21. The fourth-order valence-electron chi connectivity index (χ4n) is 3.69. The molecule has 0 spiro atoms. The van der Waals surface area contributed by atoms with Crippen LogP contribution in [0, 0.1) is 10.1 Å². The number of hydrogen-bond donors (Lipinski definition) is 0. The second-order valence-corrected chi connectivity index (χ2v) is 7.40. The highest BCUT2D eigenvalue weighted by molar-refractivity contribution is 7.12. The predicted molar refractivity (Wildman–Crippen MR) is 103 cm³/mol. The van der Waals surface area contributed by atoms with Crippen LogP contribution in [0.5, 0.6) is 5.75 Å². The summed E-state index contributed by atoms with van der Waals surface area (Å²) < 4.78 is 6.21. The Morgan fingerprint density at radius 3 is 2.63 bits per heavy atom. The lowest BCUT2D eigenvalue weighted by atomic mass is 9.97. The van der Waals surface area contributed by atoms with Gasteiger partial charge in [-0.3, -0.25) is 10.1 Å². The molecule has 2 atom stereocenters. The largest absolute Gasteiger partial charge is 0.464 e. The Labute approximate surface area is 159 Å². The lowest BCUT2D eigenvalue weighted by molar-refractivity contribution is -0.386. The van der Waals surface area contributed by atoms with Crippen molar-refractivity contribution in [3.63, 3.8) is 0 Å². The van der Waals surface area contributed by atoms with Crippen LogP contribution in [0.2, 0.25) is 0 Å². The summed E-state index contributed by atoms with van der Waals surface area (Å²) in [4.78, 5) is 12.3. The van der Waals surface area contributed by atoms with Gasteiger partial charge in [-0.25, -0.2) is 5.01 Å². The smallest absolute Gasteiger partial charge is 0.278 e. The van der Waals surface area contributed by atoms with E-state index in [9.17, 15) is 10.1 Å². The summed E-state index contributed by atoms with van der Waals surface area (Å²) in [6.45, 7) is 0. The van der Waals surface area contributed by atoms with E-state index >= 15 is 0 Å². The van der Waals surface area contributed by atoms with Gasteiger partial charge < -0.3 is 4.74 Å². The van der Waals surface area contributed by atoms with Crippen LogP contribution < -0.4 is 4.74 Å². The van der Waals surface area contributed by atoms with E-state index in [1.807, 2.05) is 40.7 Å². The molecule has 0 amide bonds. The van der Waals surface area contributed by atoms with Crippen molar-refractivity contribution in [1.29, 1.82) is 0 Å². The van der Waals surface area contributed by atoms with Crippen molar-refractivity contribution in [3.8, 4) is 5.75 Å². The van der Waals surface area contributed by atoms with Crippen LogP contribution in [0.25, 0.3) is 0 Å². The van der Waals surface area contributed by atoms with E-state index in [1.54, 1.807) is 29.5 Å². The van der Waals surface area contributed by atoms with Crippen LogP contribution in [0.4, 0.5) is 5.69 Å². The number of hydrazone groups is 1. The number of nitro benzene ring substituents is 1. The van der Waals surface area contributed by atoms with E-state index < -0.39 is 6.23 Å². The van der Waals surface area contributed by atoms with Crippen LogP contribution >= 0.6 is 11.3 Å². The number of nitro groups is 1. The minimum absolute atomic E-state index is 0.00291. The van der Waals surface area contributed by atoms with Crippen molar-refractivity contribution in [1.82, 2.24) is 5.01 Å². The number of hydrogen-bond acceptors (Lipinski definition) is 6. The Hall–Kier alpha value is -3.19. The van der Waals surface area contributed by atoms with Gasteiger partial charge in [0.05, 0.1) is 27.1 Å². The van der Waals surface area contributed by atoms with E-state index in [0.29, 0.717) is 5.56 Å². The molecule has 6 nitrogen and oxygen atoms in total. The Morgan fingerprint density at radius 1 is 1.07 bits per heavy atom. The predicted octanol–water partition coefficient (Wildman–Crippen LogP) is 4.90. The molecule has 3 heterocycles. The first-order chi connectivity index (χ1) is 13.2. The monoisotopic (exact) mass is 377 g/mol. The molecule has 27 heavy (non-hydrogen) atoms. The van der Waals surface area contributed by atoms with Crippen molar-refractivity contribution >= 4 is 22.7 Å². The zero-order chi connectivity index (χ0) is 18.4. The molecule has 3 aromatic rings. The third-order valence-corrected chi connectivity index (χ3v) is 5.82. The third kappa shape index (κ3) is 2.59. The molecule has 134 valence electrons. The Bertz CT molecular complexity index is 1050. The van der Waals surface area contributed by atoms with Gasteiger partial charge in [-0.1, -0.05) is 36.4 Å². The summed E-state index contributed by atoms with van der Waals surface area (Å²) in [6.07, 6.45) is 0.113. The van der Waals surface area contributed by atoms with Crippen LogP contribution in [0.3, 0.4) is 0 Å².